The fourth-order valence-corrected chi connectivity index (χ4v) is 4.20. The average Bonchev–Trinajstić information content (AvgIpc) is 3.31. The molecule has 0 saturated carbocycles. The van der Waals surface area contributed by atoms with E-state index in [1.807, 2.05) is 18.2 Å². The molecule has 4 atom stereocenters. The summed E-state index contributed by atoms with van der Waals surface area (Å²) in [5, 5.41) is 39.3. The van der Waals surface area contributed by atoms with Crippen molar-refractivity contribution in [2.75, 3.05) is 18.3 Å². The van der Waals surface area contributed by atoms with Gasteiger partial charge in [0.25, 0.3) is 0 Å². The summed E-state index contributed by atoms with van der Waals surface area (Å²) in [7, 11) is -4.42. The third kappa shape index (κ3) is 5.30. The highest BCUT2D eigenvalue weighted by molar-refractivity contribution is 7.51. The monoisotopic (exact) mass is 524 g/mol. The zero-order chi connectivity index (χ0) is 25.4. The van der Waals surface area contributed by atoms with Crippen LogP contribution in [0, 0.1) is 11.3 Å². The molecule has 15 heteroatoms. The van der Waals surface area contributed by atoms with Crippen molar-refractivity contribution in [1.29, 1.82) is 5.26 Å². The molecule has 186 valence electrons. The smallest absolute Gasteiger partial charge is 0.350 e. The van der Waals surface area contributed by atoms with E-state index in [1.54, 1.807) is 12.1 Å². The molecule has 2 aromatic heterocycles. The summed E-state index contributed by atoms with van der Waals surface area (Å²) in [5.74, 6) is 0.139. The number of aromatic nitrogens is 4. The minimum absolute atomic E-state index is 0.162. The number of nitrogens with one attached hydrogen (secondary N) is 1. The first-order valence-electron chi connectivity index (χ1n) is 10.3. The lowest BCUT2D eigenvalue weighted by Gasteiger charge is -2.26. The van der Waals surface area contributed by atoms with Crippen LogP contribution in [0.3, 0.4) is 0 Å². The predicted octanol–water partition coefficient (Wildman–Crippen LogP) is 1.12. The summed E-state index contributed by atoms with van der Waals surface area (Å²) in [6, 6.07) is 9.10. The highest BCUT2D eigenvalue weighted by atomic mass is 35.5. The van der Waals surface area contributed by atoms with Crippen LogP contribution in [0.5, 0.6) is 0 Å². The summed E-state index contributed by atoms with van der Waals surface area (Å²) in [6.45, 7) is 1.22. The molecule has 0 spiro atoms. The Morgan fingerprint density at radius 1 is 1.37 bits per heavy atom. The van der Waals surface area contributed by atoms with Crippen molar-refractivity contribution in [3.05, 3.63) is 46.9 Å². The van der Waals surface area contributed by atoms with Crippen molar-refractivity contribution in [1.82, 2.24) is 19.7 Å². The number of hydrogen-bond donors (Lipinski definition) is 5. The van der Waals surface area contributed by atoms with Gasteiger partial charge in [-0.15, -0.1) is 0 Å². The first-order valence-corrected chi connectivity index (χ1v) is 12.5. The van der Waals surface area contributed by atoms with Gasteiger partial charge in [0.05, 0.1) is 18.2 Å². The molecule has 13 nitrogen and oxygen atoms in total. The second kappa shape index (κ2) is 9.77. The molecule has 1 aliphatic rings. The van der Waals surface area contributed by atoms with Crippen molar-refractivity contribution < 1.29 is 34.0 Å². The number of nitrogens with zero attached hydrogens (tertiary/aromatic N) is 5. The third-order valence-electron chi connectivity index (χ3n) is 5.55. The number of fused-ring (bicyclic) bond motifs is 1. The fraction of sp³-hybridized carbons (Fsp3) is 0.400. The summed E-state index contributed by atoms with van der Waals surface area (Å²) >= 11 is 6.21. The Labute approximate surface area is 204 Å². The van der Waals surface area contributed by atoms with Crippen LogP contribution in [-0.2, 0) is 20.6 Å². The van der Waals surface area contributed by atoms with E-state index in [9.17, 15) is 20.0 Å². The van der Waals surface area contributed by atoms with Crippen LogP contribution in [0.2, 0.25) is 5.02 Å². The summed E-state index contributed by atoms with van der Waals surface area (Å²) < 4.78 is 23.0. The van der Waals surface area contributed by atoms with Gasteiger partial charge in [0.2, 0.25) is 5.82 Å². The lowest BCUT2D eigenvalue weighted by atomic mass is 9.95. The molecule has 0 bridgehead atoms. The Morgan fingerprint density at radius 3 is 2.80 bits per heavy atom. The molecule has 0 aliphatic carbocycles. The van der Waals surface area contributed by atoms with E-state index in [0.29, 0.717) is 22.8 Å². The van der Waals surface area contributed by atoms with Crippen LogP contribution in [-0.4, -0.2) is 70.5 Å². The maximum Gasteiger partial charge on any atom is 0.350 e. The largest absolute Gasteiger partial charge is 0.385 e. The molecule has 0 radical (unpaired) electrons. The van der Waals surface area contributed by atoms with Crippen molar-refractivity contribution >= 4 is 36.0 Å². The Bertz CT molecular complexity index is 1320. The van der Waals surface area contributed by atoms with Crippen LogP contribution in [0.1, 0.15) is 24.5 Å². The van der Waals surface area contributed by atoms with Gasteiger partial charge in [-0.1, -0.05) is 29.8 Å². The fourth-order valence-electron chi connectivity index (χ4n) is 3.66. The minimum Gasteiger partial charge on any atom is -0.385 e. The van der Waals surface area contributed by atoms with E-state index in [1.165, 1.54) is 17.8 Å². The second-order valence-corrected chi connectivity index (χ2v) is 10.1. The Balaban J connectivity index is 1.62. The first-order chi connectivity index (χ1) is 16.5. The molecule has 3 aromatic rings. The van der Waals surface area contributed by atoms with E-state index in [-0.39, 0.29) is 11.5 Å². The van der Waals surface area contributed by atoms with Crippen molar-refractivity contribution in [3.8, 4) is 6.07 Å². The SMILES string of the molecule is C[C@@]1(O)[C@@H](COCP(=O)(O)O)O[C@@H](n2ncc3c(NCc4ccccc4Cl)nc(C#N)nc32)[C@@H]1O. The summed E-state index contributed by atoms with van der Waals surface area (Å²) in [4.78, 5) is 26.3. The number of hydrogen-bond acceptors (Lipinski definition) is 10. The molecule has 4 rings (SSSR count). The standard InChI is InChI=1S/C20H22ClN6O7P/c1-20(29)14(9-33-10-35(30,31)32)34-19(16(20)28)27-18-12(8-24-27)17(25-15(6-22)26-18)23-7-11-4-2-3-5-13(11)21/h2-5,8,14,16,19,28-29H,7,9-10H2,1H3,(H,23,25,26)(H2,30,31,32)/t14-,16+,19-,20-/m1/s1. The van der Waals surface area contributed by atoms with E-state index >= 15 is 0 Å². The Hall–Kier alpha value is -2.66. The Morgan fingerprint density at radius 2 is 2.11 bits per heavy atom. The van der Waals surface area contributed by atoms with Gasteiger partial charge in [0, 0.05) is 11.6 Å². The third-order valence-corrected chi connectivity index (χ3v) is 6.44. The minimum atomic E-state index is -4.42. The number of aliphatic hydroxyl groups is 2. The van der Waals surface area contributed by atoms with Gasteiger partial charge in [0.15, 0.2) is 11.9 Å². The summed E-state index contributed by atoms with van der Waals surface area (Å²) in [6.07, 6.45) is -3.32. The van der Waals surface area contributed by atoms with Gasteiger partial charge in [0.1, 0.15) is 36.0 Å². The molecule has 0 amide bonds. The highest BCUT2D eigenvalue weighted by Crippen LogP contribution is 2.40. The molecular weight excluding hydrogens is 503 g/mol. The molecule has 1 aliphatic heterocycles. The number of halogens is 1. The number of nitriles is 1. The van der Waals surface area contributed by atoms with Gasteiger partial charge in [-0.05, 0) is 18.6 Å². The number of ether oxygens (including phenoxy) is 2. The van der Waals surface area contributed by atoms with E-state index in [2.05, 4.69) is 20.4 Å². The van der Waals surface area contributed by atoms with Crippen LogP contribution in [0.4, 0.5) is 5.82 Å². The van der Waals surface area contributed by atoms with Crippen LogP contribution in [0.15, 0.2) is 30.5 Å². The average molecular weight is 525 g/mol. The highest BCUT2D eigenvalue weighted by Gasteiger charge is 2.53. The molecule has 35 heavy (non-hydrogen) atoms. The molecule has 1 fully saturated rings. The van der Waals surface area contributed by atoms with Crippen LogP contribution >= 0.6 is 19.2 Å². The number of anilines is 1. The Kier molecular flexibility index (Phi) is 7.10. The molecular formula is C20H22ClN6O7P. The van der Waals surface area contributed by atoms with Gasteiger partial charge in [-0.25, -0.2) is 9.67 Å². The van der Waals surface area contributed by atoms with Gasteiger partial charge in [-0.2, -0.15) is 15.3 Å². The molecule has 3 heterocycles. The number of aliphatic hydroxyl groups excluding tert-OH is 1. The lowest BCUT2D eigenvalue weighted by molar-refractivity contribution is -0.0905. The number of benzene rings is 1. The summed E-state index contributed by atoms with van der Waals surface area (Å²) in [5.41, 5.74) is -0.876. The lowest BCUT2D eigenvalue weighted by Crippen LogP contribution is -2.46. The topological polar surface area (TPSA) is 196 Å². The van der Waals surface area contributed by atoms with Crippen molar-refractivity contribution in [3.63, 3.8) is 0 Å². The van der Waals surface area contributed by atoms with Gasteiger partial charge >= 0.3 is 7.60 Å². The zero-order valence-corrected chi connectivity index (χ0v) is 20.0. The van der Waals surface area contributed by atoms with Gasteiger partial charge < -0.3 is 34.8 Å². The van der Waals surface area contributed by atoms with Crippen LogP contribution in [0.25, 0.3) is 11.0 Å². The maximum absolute atomic E-state index is 11.0. The molecule has 0 unspecified atom stereocenters. The zero-order valence-electron chi connectivity index (χ0n) is 18.3. The van der Waals surface area contributed by atoms with E-state index in [4.69, 9.17) is 30.9 Å². The van der Waals surface area contributed by atoms with Crippen molar-refractivity contribution in [2.45, 2.75) is 37.5 Å². The number of rotatable bonds is 8. The first kappa shape index (κ1) is 25.4. The molecule has 1 saturated heterocycles. The second-order valence-electron chi connectivity index (χ2n) is 8.13. The normalized spacial score (nSPS) is 24.5. The van der Waals surface area contributed by atoms with Gasteiger partial charge in [-0.3, -0.25) is 4.57 Å². The quantitative estimate of drug-likeness (QED) is 0.264. The molecule has 5 N–H and O–H groups in total. The van der Waals surface area contributed by atoms with E-state index in [0.717, 1.165) is 5.56 Å². The van der Waals surface area contributed by atoms with Crippen LogP contribution < -0.4 is 5.32 Å². The predicted molar refractivity (Wildman–Crippen MR) is 122 cm³/mol. The molecule has 1 aromatic carbocycles. The van der Waals surface area contributed by atoms with E-state index < -0.39 is 44.6 Å². The maximum atomic E-state index is 11.0. The van der Waals surface area contributed by atoms with Crippen molar-refractivity contribution in [2.24, 2.45) is 0 Å².